The van der Waals surface area contributed by atoms with E-state index in [0.29, 0.717) is 5.41 Å². The molecule has 0 aromatic carbocycles. The molecule has 10 heavy (non-hydrogen) atoms. The van der Waals surface area contributed by atoms with Crippen molar-refractivity contribution in [1.29, 1.82) is 0 Å². The van der Waals surface area contributed by atoms with E-state index in [1.165, 1.54) is 6.42 Å². The number of hydrogen-bond donors (Lipinski definition) is 0. The average Bonchev–Trinajstić information content (AvgIpc) is 1.85. The molecule has 0 aromatic rings. The lowest BCUT2D eigenvalue weighted by Crippen LogP contribution is -2.18. The molecule has 1 heteroatoms. The van der Waals surface area contributed by atoms with Gasteiger partial charge in [-0.2, -0.15) is 0 Å². The van der Waals surface area contributed by atoms with Crippen LogP contribution in [0.1, 0.15) is 41.0 Å². The van der Waals surface area contributed by atoms with Crippen LogP contribution in [0.25, 0.3) is 0 Å². The first-order chi connectivity index (χ1) is 4.48. The van der Waals surface area contributed by atoms with Crippen LogP contribution in [0.4, 0.5) is 0 Å². The minimum Gasteiger partial charge on any atom is -0.372 e. The van der Waals surface area contributed by atoms with Crippen LogP contribution in [0.5, 0.6) is 0 Å². The van der Waals surface area contributed by atoms with Crippen LogP contribution < -0.4 is 0 Å². The van der Waals surface area contributed by atoms with Crippen molar-refractivity contribution in [2.24, 2.45) is 5.41 Å². The van der Waals surface area contributed by atoms with Gasteiger partial charge in [0.25, 0.3) is 0 Å². The summed E-state index contributed by atoms with van der Waals surface area (Å²) in [4.78, 5) is 0. The maximum atomic E-state index is 5.41. The molecule has 0 rings (SSSR count). The summed E-state index contributed by atoms with van der Waals surface area (Å²) in [6.07, 6.45) is 2.22. The molecule has 0 fully saturated rings. The minimum absolute atomic E-state index is 0.331. The van der Waals surface area contributed by atoms with Crippen LogP contribution in [0.2, 0.25) is 0 Å². The molecule has 1 radical (unpaired) electrons. The molecule has 0 aliphatic carbocycles. The van der Waals surface area contributed by atoms with Crippen molar-refractivity contribution in [2.45, 2.75) is 41.0 Å². The molecule has 0 saturated carbocycles. The Kier molecular flexibility index (Phi) is 3.95. The van der Waals surface area contributed by atoms with Crippen molar-refractivity contribution in [3.8, 4) is 0 Å². The molecule has 0 aliphatic heterocycles. The van der Waals surface area contributed by atoms with Crippen molar-refractivity contribution < 1.29 is 4.74 Å². The van der Waals surface area contributed by atoms with E-state index in [1.807, 2.05) is 13.8 Å². The third kappa shape index (κ3) is 4.80. The van der Waals surface area contributed by atoms with Gasteiger partial charge in [-0.25, -0.2) is 0 Å². The van der Waals surface area contributed by atoms with E-state index in [0.717, 1.165) is 12.7 Å². The number of ether oxygens (including phenoxy) is 1. The fraction of sp³-hybridized carbons (Fsp3) is 0.889. The third-order valence-corrected chi connectivity index (χ3v) is 1.71. The Morgan fingerprint density at radius 3 is 2.10 bits per heavy atom. The van der Waals surface area contributed by atoms with Crippen LogP contribution >= 0.6 is 0 Å². The van der Waals surface area contributed by atoms with Crippen molar-refractivity contribution in [3.05, 3.63) is 6.10 Å². The molecule has 0 atom stereocenters. The van der Waals surface area contributed by atoms with E-state index >= 15 is 0 Å². The van der Waals surface area contributed by atoms with E-state index < -0.39 is 0 Å². The molecular weight excluding hydrogens is 124 g/mol. The first-order valence-electron chi connectivity index (χ1n) is 3.91. The van der Waals surface area contributed by atoms with Gasteiger partial charge in [0.15, 0.2) is 0 Å². The van der Waals surface area contributed by atoms with Crippen molar-refractivity contribution in [1.82, 2.24) is 0 Å². The third-order valence-electron chi connectivity index (χ3n) is 1.71. The Bertz CT molecular complexity index is 84.7. The monoisotopic (exact) mass is 143 g/mol. The predicted octanol–water partition coefficient (Wildman–Crippen LogP) is 3.01. The largest absolute Gasteiger partial charge is 0.372 e. The summed E-state index contributed by atoms with van der Waals surface area (Å²) < 4.78 is 5.41. The normalized spacial score (nSPS) is 12.6. The fourth-order valence-electron chi connectivity index (χ4n) is 0.442. The van der Waals surface area contributed by atoms with Gasteiger partial charge in [0, 0.05) is 0 Å². The maximum absolute atomic E-state index is 5.41. The highest BCUT2D eigenvalue weighted by Gasteiger charge is 2.15. The van der Waals surface area contributed by atoms with E-state index in [2.05, 4.69) is 20.8 Å². The molecule has 0 N–H and O–H groups in total. The zero-order valence-corrected chi connectivity index (χ0v) is 7.82. The zero-order valence-electron chi connectivity index (χ0n) is 7.82. The molecule has 0 bridgehead atoms. The predicted molar refractivity (Wildman–Crippen MR) is 44.6 cm³/mol. The summed E-state index contributed by atoms with van der Waals surface area (Å²) in [5, 5.41) is 0. The van der Waals surface area contributed by atoms with Crippen molar-refractivity contribution in [2.75, 3.05) is 6.61 Å². The maximum Gasteiger partial charge on any atom is 0.0909 e. The summed E-state index contributed by atoms with van der Waals surface area (Å²) in [6, 6.07) is 0. The average molecular weight is 143 g/mol. The SMILES string of the molecule is CCC(C)(C)CO[C](C)C. The van der Waals surface area contributed by atoms with Gasteiger partial charge in [-0.05, 0) is 25.7 Å². The summed E-state index contributed by atoms with van der Waals surface area (Å²) in [5.74, 6) is 0. The standard InChI is InChI=1S/C9H19O/c1-6-9(4,5)7-10-8(2)3/h6-7H2,1-5H3. The van der Waals surface area contributed by atoms with Crippen LogP contribution in [0.15, 0.2) is 0 Å². The van der Waals surface area contributed by atoms with Crippen molar-refractivity contribution in [3.63, 3.8) is 0 Å². The fourth-order valence-corrected chi connectivity index (χ4v) is 0.442. The van der Waals surface area contributed by atoms with Gasteiger partial charge in [-0.3, -0.25) is 0 Å². The Labute approximate surface area is 64.8 Å². The van der Waals surface area contributed by atoms with Gasteiger partial charge in [0.2, 0.25) is 0 Å². The second kappa shape index (κ2) is 3.97. The first kappa shape index (κ1) is 9.96. The van der Waals surface area contributed by atoms with Gasteiger partial charge in [-0.15, -0.1) is 0 Å². The molecule has 0 amide bonds. The quantitative estimate of drug-likeness (QED) is 0.587. The second-order valence-electron chi connectivity index (χ2n) is 3.71. The highest BCUT2D eigenvalue weighted by Crippen LogP contribution is 2.21. The highest BCUT2D eigenvalue weighted by atomic mass is 16.5. The Morgan fingerprint density at radius 1 is 1.30 bits per heavy atom. The van der Waals surface area contributed by atoms with E-state index in [9.17, 15) is 0 Å². The van der Waals surface area contributed by atoms with Gasteiger partial charge in [0.1, 0.15) is 0 Å². The zero-order chi connectivity index (χ0) is 8.20. The first-order valence-corrected chi connectivity index (χ1v) is 3.91. The highest BCUT2D eigenvalue weighted by molar-refractivity contribution is 4.69. The summed E-state index contributed by atoms with van der Waals surface area (Å²) in [6.45, 7) is 11.4. The summed E-state index contributed by atoms with van der Waals surface area (Å²) in [7, 11) is 0. The lowest BCUT2D eigenvalue weighted by atomic mass is 9.92. The molecule has 0 aromatic heterocycles. The van der Waals surface area contributed by atoms with Gasteiger partial charge in [-0.1, -0.05) is 20.8 Å². The molecule has 0 spiro atoms. The Morgan fingerprint density at radius 2 is 1.80 bits per heavy atom. The van der Waals surface area contributed by atoms with Crippen LogP contribution in [0, 0.1) is 11.5 Å². The van der Waals surface area contributed by atoms with Gasteiger partial charge in [0.05, 0.1) is 12.7 Å². The van der Waals surface area contributed by atoms with E-state index in [4.69, 9.17) is 4.74 Å². The van der Waals surface area contributed by atoms with Crippen molar-refractivity contribution >= 4 is 0 Å². The molecule has 61 valence electrons. The van der Waals surface area contributed by atoms with E-state index in [-0.39, 0.29) is 0 Å². The van der Waals surface area contributed by atoms with Crippen LogP contribution in [-0.4, -0.2) is 6.61 Å². The minimum atomic E-state index is 0.331. The number of hydrogen-bond acceptors (Lipinski definition) is 1. The molecule has 0 saturated heterocycles. The molecule has 0 unspecified atom stereocenters. The lowest BCUT2D eigenvalue weighted by Gasteiger charge is -2.23. The number of rotatable bonds is 4. The topological polar surface area (TPSA) is 9.23 Å². The van der Waals surface area contributed by atoms with E-state index in [1.54, 1.807) is 0 Å². The van der Waals surface area contributed by atoms with Gasteiger partial charge < -0.3 is 4.74 Å². The molecule has 0 heterocycles. The Hall–Kier alpha value is -0.0400. The Balaban J connectivity index is 3.46. The smallest absolute Gasteiger partial charge is 0.0909 e. The molecule has 1 nitrogen and oxygen atoms in total. The van der Waals surface area contributed by atoms with Gasteiger partial charge >= 0.3 is 0 Å². The lowest BCUT2D eigenvalue weighted by molar-refractivity contribution is 0.0760. The van der Waals surface area contributed by atoms with Crippen LogP contribution in [-0.2, 0) is 4.74 Å². The summed E-state index contributed by atoms with van der Waals surface area (Å²) in [5.41, 5.74) is 0.331. The summed E-state index contributed by atoms with van der Waals surface area (Å²) >= 11 is 0. The molecule has 0 aliphatic rings. The second-order valence-corrected chi connectivity index (χ2v) is 3.71. The molecular formula is C9H19O. The van der Waals surface area contributed by atoms with Crippen LogP contribution in [0.3, 0.4) is 0 Å².